The first-order chi connectivity index (χ1) is 15.1. The van der Waals surface area contributed by atoms with Gasteiger partial charge in [0.15, 0.2) is 6.10 Å². The van der Waals surface area contributed by atoms with Crippen molar-refractivity contribution >= 4 is 11.8 Å². The zero-order valence-corrected chi connectivity index (χ0v) is 17.8. The molecule has 8 heteroatoms. The fourth-order valence-electron chi connectivity index (χ4n) is 5.02. The van der Waals surface area contributed by atoms with Gasteiger partial charge in [-0.15, -0.1) is 0 Å². The predicted octanol–water partition coefficient (Wildman–Crippen LogP) is 2.04. The Labute approximate surface area is 181 Å². The van der Waals surface area contributed by atoms with Crippen molar-refractivity contribution in [3.8, 4) is 5.75 Å². The molecule has 1 aromatic heterocycles. The van der Waals surface area contributed by atoms with E-state index in [0.29, 0.717) is 43.8 Å². The van der Waals surface area contributed by atoms with Gasteiger partial charge in [-0.05, 0) is 31.0 Å². The number of carbonyl (C=O) groups is 2. The van der Waals surface area contributed by atoms with Crippen molar-refractivity contribution in [2.45, 2.75) is 43.9 Å². The molecular formula is C23H28N4O4. The molecule has 0 bridgehead atoms. The largest absolute Gasteiger partial charge is 0.497 e. The Kier molecular flexibility index (Phi) is 5.17. The van der Waals surface area contributed by atoms with Crippen LogP contribution < -0.4 is 4.74 Å². The molecule has 2 amide bonds. The molecule has 5 rings (SSSR count). The first-order valence-electron chi connectivity index (χ1n) is 11.0. The van der Waals surface area contributed by atoms with Crippen LogP contribution in [0, 0.1) is 0 Å². The number of likely N-dealkylation sites (tertiary alicyclic amines) is 2. The maximum absolute atomic E-state index is 13.1. The fourth-order valence-corrected chi connectivity index (χ4v) is 5.02. The number of methoxy groups -OCH3 is 1. The smallest absolute Gasteiger partial charge is 0.253 e. The molecule has 2 fully saturated rings. The second-order valence-corrected chi connectivity index (χ2v) is 8.56. The van der Waals surface area contributed by atoms with Gasteiger partial charge in [-0.1, -0.05) is 6.07 Å². The van der Waals surface area contributed by atoms with E-state index in [4.69, 9.17) is 9.47 Å². The van der Waals surface area contributed by atoms with Gasteiger partial charge in [-0.25, -0.2) is 4.98 Å². The molecule has 2 saturated heterocycles. The summed E-state index contributed by atoms with van der Waals surface area (Å²) < 4.78 is 13.8. The highest BCUT2D eigenvalue weighted by atomic mass is 16.5. The molecule has 0 saturated carbocycles. The summed E-state index contributed by atoms with van der Waals surface area (Å²) in [7, 11) is 1.59. The van der Waals surface area contributed by atoms with Gasteiger partial charge < -0.3 is 23.8 Å². The molecule has 1 aromatic carbocycles. The lowest BCUT2D eigenvalue weighted by Crippen LogP contribution is -2.55. The second kappa shape index (κ2) is 8.00. The van der Waals surface area contributed by atoms with Crippen LogP contribution in [0.5, 0.6) is 5.75 Å². The van der Waals surface area contributed by atoms with Gasteiger partial charge in [-0.3, -0.25) is 9.59 Å². The van der Waals surface area contributed by atoms with Crippen LogP contribution in [0.4, 0.5) is 0 Å². The van der Waals surface area contributed by atoms with Crippen molar-refractivity contribution in [2.24, 2.45) is 0 Å². The van der Waals surface area contributed by atoms with E-state index in [1.807, 2.05) is 34.2 Å². The lowest BCUT2D eigenvalue weighted by Gasteiger charge is -2.46. The third-order valence-electron chi connectivity index (χ3n) is 6.72. The third kappa shape index (κ3) is 3.59. The minimum Gasteiger partial charge on any atom is -0.497 e. The van der Waals surface area contributed by atoms with Crippen LogP contribution >= 0.6 is 0 Å². The number of fused-ring (bicyclic) bond motifs is 2. The molecule has 8 nitrogen and oxygen atoms in total. The van der Waals surface area contributed by atoms with Crippen molar-refractivity contribution in [3.63, 3.8) is 0 Å². The zero-order chi connectivity index (χ0) is 21.4. The summed E-state index contributed by atoms with van der Waals surface area (Å²) in [6.07, 6.45) is 6.55. The van der Waals surface area contributed by atoms with Crippen LogP contribution in [0.15, 0.2) is 36.7 Å². The van der Waals surface area contributed by atoms with Gasteiger partial charge in [0.05, 0.1) is 13.7 Å². The van der Waals surface area contributed by atoms with Crippen LogP contribution in [0.3, 0.4) is 0 Å². The van der Waals surface area contributed by atoms with Crippen LogP contribution in [0.25, 0.3) is 0 Å². The number of carbonyl (C=O) groups excluding carboxylic acids is 2. The van der Waals surface area contributed by atoms with E-state index in [-0.39, 0.29) is 11.8 Å². The number of hydrogen-bond donors (Lipinski definition) is 0. The van der Waals surface area contributed by atoms with Crippen LogP contribution in [-0.4, -0.2) is 70.6 Å². The Morgan fingerprint density at radius 2 is 1.90 bits per heavy atom. The highest BCUT2D eigenvalue weighted by molar-refractivity contribution is 5.94. The van der Waals surface area contributed by atoms with Crippen molar-refractivity contribution < 1.29 is 19.1 Å². The number of ether oxygens (including phenoxy) is 2. The van der Waals surface area contributed by atoms with E-state index in [1.165, 1.54) is 0 Å². The second-order valence-electron chi connectivity index (χ2n) is 8.56. The normalized spacial score (nSPS) is 22.4. The van der Waals surface area contributed by atoms with Gasteiger partial charge in [-0.2, -0.15) is 0 Å². The van der Waals surface area contributed by atoms with Gasteiger partial charge in [0.1, 0.15) is 17.2 Å². The fraction of sp³-hybridized carbons (Fsp3) is 0.522. The third-order valence-corrected chi connectivity index (χ3v) is 6.72. The summed E-state index contributed by atoms with van der Waals surface area (Å²) in [4.78, 5) is 34.4. The van der Waals surface area contributed by atoms with Gasteiger partial charge in [0.2, 0.25) is 0 Å². The average Bonchev–Trinajstić information content (AvgIpc) is 3.51. The predicted molar refractivity (Wildman–Crippen MR) is 113 cm³/mol. The minimum atomic E-state index is -0.632. The van der Waals surface area contributed by atoms with Crippen molar-refractivity contribution in [3.05, 3.63) is 48.0 Å². The summed E-state index contributed by atoms with van der Waals surface area (Å²) in [5.74, 6) is 1.59. The lowest BCUT2D eigenvalue weighted by molar-refractivity contribution is -0.179. The molecule has 0 aliphatic carbocycles. The van der Waals surface area contributed by atoms with Gasteiger partial charge in [0.25, 0.3) is 11.8 Å². The summed E-state index contributed by atoms with van der Waals surface area (Å²) in [5, 5.41) is 0. The van der Waals surface area contributed by atoms with Crippen LogP contribution in [0.2, 0.25) is 0 Å². The molecule has 164 valence electrons. The van der Waals surface area contributed by atoms with Crippen molar-refractivity contribution in [2.75, 3.05) is 33.3 Å². The molecule has 0 radical (unpaired) electrons. The zero-order valence-electron chi connectivity index (χ0n) is 17.8. The monoisotopic (exact) mass is 424 g/mol. The van der Waals surface area contributed by atoms with E-state index in [9.17, 15) is 9.59 Å². The molecule has 1 spiro atoms. The Balaban J connectivity index is 1.33. The topological polar surface area (TPSA) is 76.9 Å². The molecule has 3 aliphatic heterocycles. The highest BCUT2D eigenvalue weighted by Gasteiger charge is 2.48. The Morgan fingerprint density at radius 1 is 1.13 bits per heavy atom. The van der Waals surface area contributed by atoms with Gasteiger partial charge >= 0.3 is 0 Å². The van der Waals surface area contributed by atoms with E-state index in [2.05, 4.69) is 9.55 Å². The number of hydrogen-bond acceptors (Lipinski definition) is 5. The number of nitrogens with zero attached hydrogens (tertiary/aromatic N) is 4. The van der Waals surface area contributed by atoms with Crippen molar-refractivity contribution in [1.82, 2.24) is 19.4 Å². The Hall–Kier alpha value is -2.87. The number of imidazole rings is 1. The standard InChI is InChI=1S/C23H28N4O4/c1-30-18-6-4-5-17(15-18)20(28)26-12-7-23(8-13-26)22-24-9-14-27(22)16-19(31-23)21(29)25-10-2-3-11-25/h4-6,9,14-15,19H,2-3,7-8,10-13,16H2,1H3. The van der Waals surface area contributed by atoms with Crippen LogP contribution in [0.1, 0.15) is 41.9 Å². The molecule has 4 heterocycles. The van der Waals surface area contributed by atoms with Crippen LogP contribution in [-0.2, 0) is 21.7 Å². The van der Waals surface area contributed by atoms with E-state index < -0.39 is 11.7 Å². The van der Waals surface area contributed by atoms with Crippen molar-refractivity contribution in [1.29, 1.82) is 0 Å². The first kappa shape index (κ1) is 20.1. The van der Waals surface area contributed by atoms with E-state index in [0.717, 1.165) is 31.8 Å². The summed E-state index contributed by atoms with van der Waals surface area (Å²) in [6.45, 7) is 3.22. The van der Waals surface area contributed by atoms with Gasteiger partial charge in [0, 0.05) is 57.0 Å². The number of benzene rings is 1. The Bertz CT molecular complexity index is 973. The number of piperidine rings is 1. The minimum absolute atomic E-state index is 0.0161. The number of amides is 2. The Morgan fingerprint density at radius 3 is 2.65 bits per heavy atom. The molecule has 0 N–H and O–H groups in total. The molecule has 31 heavy (non-hydrogen) atoms. The number of aromatic nitrogens is 2. The molecule has 1 unspecified atom stereocenters. The quantitative estimate of drug-likeness (QED) is 0.754. The maximum Gasteiger partial charge on any atom is 0.253 e. The summed E-state index contributed by atoms with van der Waals surface area (Å²) in [6, 6.07) is 7.23. The SMILES string of the molecule is COc1cccc(C(=O)N2CCC3(CC2)OC(C(=O)N2CCCC2)Cn2ccnc23)c1. The molecule has 3 aliphatic rings. The highest BCUT2D eigenvalue weighted by Crippen LogP contribution is 2.40. The summed E-state index contributed by atoms with van der Waals surface area (Å²) >= 11 is 0. The molecular weight excluding hydrogens is 396 g/mol. The summed E-state index contributed by atoms with van der Waals surface area (Å²) in [5.41, 5.74) is -0.0177. The average molecular weight is 425 g/mol. The number of rotatable bonds is 3. The lowest BCUT2D eigenvalue weighted by atomic mass is 9.88. The molecule has 2 aromatic rings. The van der Waals surface area contributed by atoms with E-state index in [1.54, 1.807) is 19.4 Å². The molecule has 1 atom stereocenters. The van der Waals surface area contributed by atoms with E-state index >= 15 is 0 Å². The maximum atomic E-state index is 13.1. The first-order valence-corrected chi connectivity index (χ1v) is 11.0.